The fraction of sp³-hybridized carbons (Fsp3) is 0.292. The number of hydrogen-bond donors (Lipinski definition) is 3. The standard InChI is InChI=1S/C24H25N3O2/c1-2-29-18-9-6-15(7-10-18)22-19-12-13-25-23(19)20-14-16(8-11-21(20)27-22)24(28)26-17-4-3-5-17/h3-11,14,19,22-23,25,27H,2,12-13H2,1H3,(H,26,28). The largest absolute Gasteiger partial charge is 0.494 e. The molecule has 3 atom stereocenters. The Bertz CT molecular complexity index is 994. The third kappa shape index (κ3) is 3.32. The fourth-order valence-corrected chi connectivity index (χ4v) is 4.54. The van der Waals surface area contributed by atoms with Crippen LogP contribution in [0.4, 0.5) is 5.69 Å². The average molecular weight is 387 g/mol. The summed E-state index contributed by atoms with van der Waals surface area (Å²) in [5.74, 6) is 1.28. The van der Waals surface area contributed by atoms with E-state index in [1.165, 1.54) is 11.1 Å². The van der Waals surface area contributed by atoms with Crippen LogP contribution in [0.15, 0.2) is 66.4 Å². The Morgan fingerprint density at radius 3 is 2.72 bits per heavy atom. The summed E-state index contributed by atoms with van der Waals surface area (Å²) in [6.45, 7) is 3.65. The minimum atomic E-state index is -0.0633. The van der Waals surface area contributed by atoms with Crippen LogP contribution in [0.2, 0.25) is 0 Å². The van der Waals surface area contributed by atoms with Gasteiger partial charge in [0.05, 0.1) is 12.6 Å². The molecule has 5 heteroatoms. The molecule has 148 valence electrons. The molecule has 3 unspecified atom stereocenters. The van der Waals surface area contributed by atoms with E-state index in [1.807, 2.05) is 55.5 Å². The van der Waals surface area contributed by atoms with E-state index < -0.39 is 0 Å². The van der Waals surface area contributed by atoms with Gasteiger partial charge in [0.15, 0.2) is 0 Å². The van der Waals surface area contributed by atoms with E-state index in [-0.39, 0.29) is 18.0 Å². The van der Waals surface area contributed by atoms with Gasteiger partial charge in [0.25, 0.3) is 5.91 Å². The Balaban J connectivity index is 1.42. The molecule has 2 heterocycles. The Kier molecular flexibility index (Phi) is 4.60. The Labute approximate surface area is 170 Å². The Hall–Kier alpha value is -3.05. The van der Waals surface area contributed by atoms with Crippen LogP contribution >= 0.6 is 0 Å². The number of fused-ring (bicyclic) bond motifs is 3. The summed E-state index contributed by atoms with van der Waals surface area (Å²) in [7, 11) is 0. The van der Waals surface area contributed by atoms with E-state index in [1.54, 1.807) is 0 Å². The first-order valence-corrected chi connectivity index (χ1v) is 10.3. The number of benzene rings is 2. The topological polar surface area (TPSA) is 62.4 Å². The molecule has 3 N–H and O–H groups in total. The van der Waals surface area contributed by atoms with Crippen LogP contribution in [0, 0.1) is 5.92 Å². The zero-order chi connectivity index (χ0) is 19.8. The van der Waals surface area contributed by atoms with E-state index in [2.05, 4.69) is 28.1 Å². The van der Waals surface area contributed by atoms with Gasteiger partial charge in [0.2, 0.25) is 0 Å². The van der Waals surface area contributed by atoms with Gasteiger partial charge in [0.1, 0.15) is 5.75 Å². The number of carbonyl (C=O) groups excluding carboxylic acids is 1. The molecule has 5 nitrogen and oxygen atoms in total. The quantitative estimate of drug-likeness (QED) is 0.723. The van der Waals surface area contributed by atoms with Crippen LogP contribution in [-0.4, -0.2) is 19.1 Å². The summed E-state index contributed by atoms with van der Waals surface area (Å²) in [4.78, 5) is 12.6. The number of rotatable bonds is 5. The zero-order valence-electron chi connectivity index (χ0n) is 16.4. The Morgan fingerprint density at radius 2 is 2.00 bits per heavy atom. The van der Waals surface area contributed by atoms with Crippen molar-refractivity contribution < 1.29 is 9.53 Å². The molecule has 2 aromatic rings. The van der Waals surface area contributed by atoms with Gasteiger partial charge >= 0.3 is 0 Å². The first-order chi connectivity index (χ1) is 14.2. The lowest BCUT2D eigenvalue weighted by atomic mass is 9.80. The van der Waals surface area contributed by atoms with E-state index >= 15 is 0 Å². The summed E-state index contributed by atoms with van der Waals surface area (Å²) in [6, 6.07) is 14.9. The van der Waals surface area contributed by atoms with Crippen molar-refractivity contribution in [2.45, 2.75) is 25.4 Å². The highest BCUT2D eigenvalue weighted by Crippen LogP contribution is 2.47. The van der Waals surface area contributed by atoms with Crippen LogP contribution in [0.25, 0.3) is 0 Å². The number of nitrogens with one attached hydrogen (secondary N) is 3. The van der Waals surface area contributed by atoms with Crippen LogP contribution in [-0.2, 0) is 0 Å². The second-order valence-electron chi connectivity index (χ2n) is 7.75. The summed E-state index contributed by atoms with van der Waals surface area (Å²) in [6.07, 6.45) is 6.81. The van der Waals surface area contributed by atoms with Crippen molar-refractivity contribution in [3.05, 3.63) is 83.1 Å². The predicted molar refractivity (Wildman–Crippen MR) is 114 cm³/mol. The van der Waals surface area contributed by atoms with E-state index in [4.69, 9.17) is 4.74 Å². The van der Waals surface area contributed by atoms with E-state index in [0.717, 1.165) is 30.1 Å². The van der Waals surface area contributed by atoms with Gasteiger partial charge in [-0.05, 0) is 73.5 Å². The lowest BCUT2D eigenvalue weighted by Crippen LogP contribution is -2.33. The fourth-order valence-electron chi connectivity index (χ4n) is 4.54. The van der Waals surface area contributed by atoms with Crippen molar-refractivity contribution in [2.75, 3.05) is 18.5 Å². The lowest BCUT2D eigenvalue weighted by Gasteiger charge is -2.37. The molecule has 2 aliphatic heterocycles. The smallest absolute Gasteiger partial charge is 0.255 e. The predicted octanol–water partition coefficient (Wildman–Crippen LogP) is 4.09. The molecule has 1 aliphatic carbocycles. The highest BCUT2D eigenvalue weighted by Gasteiger charge is 2.40. The lowest BCUT2D eigenvalue weighted by molar-refractivity contribution is 0.0966. The van der Waals surface area contributed by atoms with Crippen LogP contribution in [0.5, 0.6) is 5.75 Å². The number of amides is 1. The first kappa shape index (κ1) is 18.0. The molecule has 1 saturated heterocycles. The summed E-state index contributed by atoms with van der Waals surface area (Å²) < 4.78 is 5.59. The van der Waals surface area contributed by atoms with Crippen molar-refractivity contribution >= 4 is 11.6 Å². The van der Waals surface area contributed by atoms with E-state index in [0.29, 0.717) is 18.1 Å². The number of hydrogen-bond acceptors (Lipinski definition) is 4. The minimum Gasteiger partial charge on any atom is -0.494 e. The number of ether oxygens (including phenoxy) is 1. The van der Waals surface area contributed by atoms with Crippen LogP contribution in [0.1, 0.15) is 46.9 Å². The third-order valence-electron chi connectivity index (χ3n) is 6.02. The third-order valence-corrected chi connectivity index (χ3v) is 6.02. The molecule has 0 saturated carbocycles. The van der Waals surface area contributed by atoms with Crippen molar-refractivity contribution in [1.29, 1.82) is 0 Å². The number of anilines is 1. The Morgan fingerprint density at radius 1 is 1.17 bits per heavy atom. The van der Waals surface area contributed by atoms with Gasteiger partial charge in [-0.15, -0.1) is 0 Å². The molecule has 0 aromatic heterocycles. The van der Waals surface area contributed by atoms with Crippen molar-refractivity contribution in [2.24, 2.45) is 5.92 Å². The molecule has 29 heavy (non-hydrogen) atoms. The van der Waals surface area contributed by atoms with Gasteiger partial charge in [-0.3, -0.25) is 4.79 Å². The molecular weight excluding hydrogens is 362 g/mol. The van der Waals surface area contributed by atoms with Gasteiger partial charge in [-0.2, -0.15) is 0 Å². The minimum absolute atomic E-state index is 0.0633. The molecule has 0 bridgehead atoms. The summed E-state index contributed by atoms with van der Waals surface area (Å²) in [5, 5.41) is 10.3. The van der Waals surface area contributed by atoms with E-state index in [9.17, 15) is 4.79 Å². The SMILES string of the molecule is CCOc1ccc(C2Nc3ccc(C(=O)NC4=CC=C4)cc3C3NCCC23)cc1. The van der Waals surface area contributed by atoms with Gasteiger partial charge in [-0.1, -0.05) is 18.2 Å². The van der Waals surface area contributed by atoms with Crippen LogP contribution < -0.4 is 20.7 Å². The first-order valence-electron chi connectivity index (χ1n) is 10.3. The highest BCUT2D eigenvalue weighted by atomic mass is 16.5. The molecule has 0 spiro atoms. The normalized spacial score (nSPS) is 23.9. The maximum absolute atomic E-state index is 12.6. The zero-order valence-corrected chi connectivity index (χ0v) is 16.4. The molecule has 1 fully saturated rings. The van der Waals surface area contributed by atoms with Gasteiger partial charge < -0.3 is 20.7 Å². The molecule has 0 radical (unpaired) electrons. The monoisotopic (exact) mass is 387 g/mol. The second-order valence-corrected chi connectivity index (χ2v) is 7.75. The maximum atomic E-state index is 12.6. The van der Waals surface area contributed by atoms with Crippen molar-refractivity contribution in [3.8, 4) is 5.75 Å². The average Bonchev–Trinajstić information content (AvgIpc) is 3.21. The van der Waals surface area contributed by atoms with Crippen molar-refractivity contribution in [1.82, 2.24) is 10.6 Å². The summed E-state index contributed by atoms with van der Waals surface area (Å²) in [5.41, 5.74) is 5.10. The van der Waals surface area contributed by atoms with Crippen LogP contribution in [0.3, 0.4) is 0 Å². The molecule has 2 aromatic carbocycles. The molecule has 5 rings (SSSR count). The van der Waals surface area contributed by atoms with Gasteiger partial charge in [-0.25, -0.2) is 0 Å². The molecule has 1 amide bonds. The molecule has 3 aliphatic rings. The highest BCUT2D eigenvalue weighted by molar-refractivity contribution is 5.96. The number of allylic oxidation sites excluding steroid dienone is 3. The number of carbonyl (C=O) groups is 1. The summed E-state index contributed by atoms with van der Waals surface area (Å²) >= 11 is 0. The van der Waals surface area contributed by atoms with Crippen molar-refractivity contribution in [3.63, 3.8) is 0 Å². The van der Waals surface area contributed by atoms with Gasteiger partial charge in [0, 0.05) is 28.9 Å². The molecular formula is C24H25N3O2. The maximum Gasteiger partial charge on any atom is 0.255 e. The second kappa shape index (κ2) is 7.41.